The number of thiazole rings is 1. The number of nitrogens with two attached hydrogens (primary N) is 1. The highest BCUT2D eigenvalue weighted by Crippen LogP contribution is 2.24. The molecule has 9 heteroatoms. The normalized spacial score (nSPS) is 11.2. The molecule has 1 aromatic heterocycles. The van der Waals surface area contributed by atoms with Gasteiger partial charge in [0.05, 0.1) is 6.21 Å². The van der Waals surface area contributed by atoms with Gasteiger partial charge in [0.2, 0.25) is 5.13 Å². The van der Waals surface area contributed by atoms with Crippen molar-refractivity contribution in [1.29, 1.82) is 0 Å². The summed E-state index contributed by atoms with van der Waals surface area (Å²) in [6, 6.07) is 4.35. The molecule has 0 radical (unpaired) electrons. The number of rotatable bonds is 5. The maximum atomic E-state index is 12.3. The van der Waals surface area contributed by atoms with E-state index < -0.39 is 6.61 Å². The smallest absolute Gasteiger partial charge is 0.387 e. The fourth-order valence-electron chi connectivity index (χ4n) is 1.31. The maximum absolute atomic E-state index is 12.3. The predicted molar refractivity (Wildman–Crippen MR) is 75.8 cm³/mol. The molecule has 2 rings (SSSR count). The molecule has 0 bridgehead atoms. The lowest BCUT2D eigenvalue weighted by molar-refractivity contribution is -0.0499. The summed E-state index contributed by atoms with van der Waals surface area (Å²) in [5, 5.41) is 6.30. The molecule has 2 aromatic rings. The molecule has 0 fully saturated rings. The molecule has 0 saturated carbocycles. The fraction of sp³-hybridized carbons (Fsp3) is 0.0909. The number of hydrogen-bond donors (Lipinski definition) is 2. The molecule has 0 unspecified atom stereocenters. The van der Waals surface area contributed by atoms with Crippen molar-refractivity contribution in [3.05, 3.63) is 34.2 Å². The molecule has 5 nitrogen and oxygen atoms in total. The fourth-order valence-corrected chi connectivity index (χ4v) is 2.02. The minimum atomic E-state index is -2.94. The number of nitrogen functional groups attached to an aromatic ring is 1. The van der Waals surface area contributed by atoms with Crippen molar-refractivity contribution in [3.8, 4) is 5.75 Å². The zero-order valence-corrected chi connectivity index (χ0v) is 11.5. The van der Waals surface area contributed by atoms with Crippen LogP contribution in [0.2, 0.25) is 5.02 Å². The standard InChI is InChI=1S/C11H9ClF2N4OS/c12-7-2-1-6(8(3-7)19-10(13)14)4-16-18-11-17-9(15)5-20-11/h1-5,10H,15H2,(H,17,18). The van der Waals surface area contributed by atoms with Gasteiger partial charge in [-0.1, -0.05) is 11.6 Å². The summed E-state index contributed by atoms with van der Waals surface area (Å²) in [5.41, 5.74) is 8.43. The van der Waals surface area contributed by atoms with Crippen LogP contribution in [0.1, 0.15) is 5.56 Å². The predicted octanol–water partition coefficient (Wildman–Crippen LogP) is 3.43. The van der Waals surface area contributed by atoms with Gasteiger partial charge < -0.3 is 10.5 Å². The van der Waals surface area contributed by atoms with Crippen LogP contribution in [0.25, 0.3) is 0 Å². The highest BCUT2D eigenvalue weighted by Gasteiger charge is 2.09. The molecule has 3 N–H and O–H groups in total. The van der Waals surface area contributed by atoms with Gasteiger partial charge in [-0.15, -0.1) is 11.3 Å². The van der Waals surface area contributed by atoms with Crippen LogP contribution in [0.4, 0.5) is 19.7 Å². The van der Waals surface area contributed by atoms with Crippen molar-refractivity contribution in [3.63, 3.8) is 0 Å². The summed E-state index contributed by atoms with van der Waals surface area (Å²) in [4.78, 5) is 3.93. The average Bonchev–Trinajstić information content (AvgIpc) is 2.77. The Morgan fingerprint density at radius 2 is 2.30 bits per heavy atom. The Kier molecular flexibility index (Phi) is 4.70. The molecule has 1 heterocycles. The van der Waals surface area contributed by atoms with E-state index in [1.807, 2.05) is 0 Å². The second-order valence-electron chi connectivity index (χ2n) is 3.51. The zero-order chi connectivity index (χ0) is 14.5. The van der Waals surface area contributed by atoms with E-state index in [-0.39, 0.29) is 5.75 Å². The second-order valence-corrected chi connectivity index (χ2v) is 4.80. The zero-order valence-electron chi connectivity index (χ0n) is 9.89. The van der Waals surface area contributed by atoms with Gasteiger partial charge >= 0.3 is 6.61 Å². The third kappa shape index (κ3) is 4.04. The van der Waals surface area contributed by atoms with E-state index >= 15 is 0 Å². The number of alkyl halides is 2. The minimum absolute atomic E-state index is 0.0586. The molecule has 0 aliphatic carbocycles. The van der Waals surface area contributed by atoms with Crippen molar-refractivity contribution < 1.29 is 13.5 Å². The molecule has 0 aliphatic rings. The average molecular weight is 319 g/mol. The Morgan fingerprint density at radius 3 is 2.95 bits per heavy atom. The number of nitrogens with one attached hydrogen (secondary N) is 1. The molecule has 0 saturated heterocycles. The van der Waals surface area contributed by atoms with Gasteiger partial charge in [0, 0.05) is 16.0 Å². The number of ether oxygens (including phenoxy) is 1. The van der Waals surface area contributed by atoms with Crippen molar-refractivity contribution in [2.24, 2.45) is 5.10 Å². The summed E-state index contributed by atoms with van der Waals surface area (Å²) >= 11 is 6.99. The van der Waals surface area contributed by atoms with Crippen LogP contribution in [0.3, 0.4) is 0 Å². The van der Waals surface area contributed by atoms with Crippen molar-refractivity contribution in [2.45, 2.75) is 6.61 Å². The topological polar surface area (TPSA) is 72.5 Å². The highest BCUT2D eigenvalue weighted by atomic mass is 35.5. The van der Waals surface area contributed by atoms with Crippen molar-refractivity contribution >= 4 is 40.1 Å². The molecule has 0 atom stereocenters. The number of halogens is 3. The third-order valence-electron chi connectivity index (χ3n) is 2.08. The highest BCUT2D eigenvalue weighted by molar-refractivity contribution is 7.14. The van der Waals surface area contributed by atoms with Crippen LogP contribution < -0.4 is 15.9 Å². The van der Waals surface area contributed by atoms with Gasteiger partial charge in [-0.2, -0.15) is 13.9 Å². The number of hydrazone groups is 1. The lowest BCUT2D eigenvalue weighted by Gasteiger charge is -2.07. The Hall–Kier alpha value is -1.93. The Morgan fingerprint density at radius 1 is 1.50 bits per heavy atom. The van der Waals surface area contributed by atoms with E-state index in [0.29, 0.717) is 21.5 Å². The number of aromatic nitrogens is 1. The summed E-state index contributed by atoms with van der Waals surface area (Å²) in [7, 11) is 0. The quantitative estimate of drug-likeness (QED) is 0.654. The molecular formula is C11H9ClF2N4OS. The molecule has 0 aliphatic heterocycles. The Balaban J connectivity index is 2.11. The first kappa shape index (κ1) is 14.5. The first-order valence-corrected chi connectivity index (χ1v) is 6.55. The summed E-state index contributed by atoms with van der Waals surface area (Å²) in [5.74, 6) is 0.317. The van der Waals surface area contributed by atoms with E-state index in [1.54, 1.807) is 11.4 Å². The Labute approximate surface area is 122 Å². The van der Waals surface area contributed by atoms with Crippen LogP contribution in [-0.2, 0) is 0 Å². The van der Waals surface area contributed by atoms with Gasteiger partial charge in [-0.3, -0.25) is 5.43 Å². The number of anilines is 2. The number of benzene rings is 1. The van der Waals surface area contributed by atoms with Gasteiger partial charge in [-0.25, -0.2) is 4.98 Å². The molecule has 20 heavy (non-hydrogen) atoms. The largest absolute Gasteiger partial charge is 0.434 e. The first-order valence-electron chi connectivity index (χ1n) is 5.29. The molecule has 0 amide bonds. The van der Waals surface area contributed by atoms with Gasteiger partial charge in [0.1, 0.15) is 11.6 Å². The van der Waals surface area contributed by atoms with E-state index in [0.717, 1.165) is 0 Å². The van der Waals surface area contributed by atoms with Crippen LogP contribution in [0.15, 0.2) is 28.7 Å². The number of hydrogen-bond acceptors (Lipinski definition) is 6. The van der Waals surface area contributed by atoms with E-state index in [4.69, 9.17) is 17.3 Å². The van der Waals surface area contributed by atoms with E-state index in [1.165, 1.54) is 29.7 Å². The summed E-state index contributed by atoms with van der Waals surface area (Å²) < 4.78 is 28.9. The maximum Gasteiger partial charge on any atom is 0.387 e. The monoisotopic (exact) mass is 318 g/mol. The van der Waals surface area contributed by atoms with Crippen LogP contribution >= 0.6 is 22.9 Å². The van der Waals surface area contributed by atoms with Crippen LogP contribution in [0.5, 0.6) is 5.75 Å². The van der Waals surface area contributed by atoms with Crippen molar-refractivity contribution in [2.75, 3.05) is 11.2 Å². The molecule has 1 aromatic carbocycles. The van der Waals surface area contributed by atoms with Crippen LogP contribution in [-0.4, -0.2) is 17.8 Å². The van der Waals surface area contributed by atoms with E-state index in [9.17, 15) is 8.78 Å². The third-order valence-corrected chi connectivity index (χ3v) is 3.08. The number of nitrogens with zero attached hydrogens (tertiary/aromatic N) is 2. The van der Waals surface area contributed by atoms with Gasteiger partial charge in [0.15, 0.2) is 0 Å². The SMILES string of the molecule is Nc1csc(NN=Cc2ccc(Cl)cc2OC(F)F)n1. The molecular weight excluding hydrogens is 310 g/mol. The van der Waals surface area contributed by atoms with Gasteiger partial charge in [-0.05, 0) is 18.2 Å². The lowest BCUT2D eigenvalue weighted by Crippen LogP contribution is -2.04. The Bertz CT molecular complexity index is 620. The second kappa shape index (κ2) is 6.49. The minimum Gasteiger partial charge on any atom is -0.434 e. The van der Waals surface area contributed by atoms with Gasteiger partial charge in [0.25, 0.3) is 0 Å². The molecule has 0 spiro atoms. The van der Waals surface area contributed by atoms with Crippen molar-refractivity contribution in [1.82, 2.24) is 4.98 Å². The van der Waals surface area contributed by atoms with Crippen LogP contribution in [0, 0.1) is 0 Å². The first-order chi connectivity index (χ1) is 9.54. The van der Waals surface area contributed by atoms with E-state index in [2.05, 4.69) is 20.2 Å². The molecule has 106 valence electrons. The summed E-state index contributed by atoms with van der Waals surface area (Å²) in [6.45, 7) is -2.94. The summed E-state index contributed by atoms with van der Waals surface area (Å²) in [6.07, 6.45) is 1.33. The lowest BCUT2D eigenvalue weighted by atomic mass is 10.2.